The van der Waals surface area contributed by atoms with Crippen molar-refractivity contribution in [3.8, 4) is 0 Å². The van der Waals surface area contributed by atoms with Crippen molar-refractivity contribution in [2.24, 2.45) is 16.8 Å². The van der Waals surface area contributed by atoms with Gasteiger partial charge in [0, 0.05) is 11.5 Å². The Labute approximate surface area is 148 Å². The van der Waals surface area contributed by atoms with Crippen molar-refractivity contribution in [3.05, 3.63) is 10.4 Å². The van der Waals surface area contributed by atoms with Crippen molar-refractivity contribution in [1.29, 1.82) is 0 Å². The zero-order chi connectivity index (χ0) is 16.8. The summed E-state index contributed by atoms with van der Waals surface area (Å²) in [5.41, 5.74) is 14.7. The molecule has 2 fully saturated rings. The van der Waals surface area contributed by atoms with Gasteiger partial charge in [0.2, 0.25) is 5.91 Å². The number of rotatable bonds is 5. The van der Waals surface area contributed by atoms with Gasteiger partial charge in [0.1, 0.15) is 6.04 Å². The third-order valence-electron chi connectivity index (χ3n) is 4.88. The van der Waals surface area contributed by atoms with Crippen LogP contribution in [0.25, 0.3) is 10.4 Å². The Hall–Kier alpha value is -1.50. The Morgan fingerprint density at radius 1 is 1.38 bits per heavy atom. The second-order valence-corrected chi connectivity index (χ2v) is 6.47. The Bertz CT molecular complexity index is 492. The zero-order valence-electron chi connectivity index (χ0n) is 14.0. The zero-order valence-corrected chi connectivity index (χ0v) is 14.8. The summed E-state index contributed by atoms with van der Waals surface area (Å²) in [6, 6.07) is -1.73. The molecule has 1 saturated carbocycles. The molecule has 0 bridgehead atoms. The molecule has 0 unspecified atom stereocenters. The molecular weight excluding hydrogens is 334 g/mol. The van der Waals surface area contributed by atoms with E-state index < -0.39 is 24.1 Å². The molecule has 0 aromatic rings. The van der Waals surface area contributed by atoms with Crippen LogP contribution in [0.2, 0.25) is 0 Å². The van der Waals surface area contributed by atoms with E-state index in [4.69, 9.17) is 16.0 Å². The molecule has 3 atom stereocenters. The molecule has 136 valence electrons. The van der Waals surface area contributed by atoms with Crippen molar-refractivity contribution in [1.82, 2.24) is 4.90 Å². The van der Waals surface area contributed by atoms with Crippen LogP contribution >= 0.6 is 12.4 Å². The molecule has 9 heteroatoms. The van der Waals surface area contributed by atoms with E-state index in [0.29, 0.717) is 18.8 Å². The molecule has 1 aliphatic heterocycles. The summed E-state index contributed by atoms with van der Waals surface area (Å²) in [6.45, 7) is 0.223. The molecule has 0 spiro atoms. The minimum Gasteiger partial charge on any atom is -0.467 e. The lowest BCUT2D eigenvalue weighted by atomic mass is 9.84. The number of ether oxygens (including phenoxy) is 1. The first-order valence-corrected chi connectivity index (χ1v) is 8.25. The van der Waals surface area contributed by atoms with Crippen LogP contribution < -0.4 is 5.73 Å². The van der Waals surface area contributed by atoms with Gasteiger partial charge in [-0.2, -0.15) is 0 Å². The molecule has 0 aromatic heterocycles. The number of carbonyl (C=O) groups excluding carboxylic acids is 2. The summed E-state index contributed by atoms with van der Waals surface area (Å²) in [4.78, 5) is 28.8. The third-order valence-corrected chi connectivity index (χ3v) is 4.88. The third kappa shape index (κ3) is 5.00. The van der Waals surface area contributed by atoms with E-state index in [1.54, 1.807) is 0 Å². The van der Waals surface area contributed by atoms with Crippen LogP contribution in [0.3, 0.4) is 0 Å². The highest BCUT2D eigenvalue weighted by Gasteiger charge is 2.41. The van der Waals surface area contributed by atoms with Gasteiger partial charge in [-0.3, -0.25) is 4.79 Å². The SMILES string of the molecule is COC(=O)[C@@H]1C[C@@H](N=[N+]=[N-])CN1C(=O)[C@H](N)CC1CCCCC1.Cl. The van der Waals surface area contributed by atoms with Gasteiger partial charge in [-0.25, -0.2) is 4.79 Å². The Kier molecular flexibility index (Phi) is 8.31. The van der Waals surface area contributed by atoms with E-state index in [0.717, 1.165) is 12.8 Å². The fourth-order valence-electron chi connectivity index (χ4n) is 3.67. The minimum absolute atomic E-state index is 0. The van der Waals surface area contributed by atoms with Crippen LogP contribution in [0.4, 0.5) is 0 Å². The quantitative estimate of drug-likeness (QED) is 0.349. The second kappa shape index (κ2) is 9.71. The normalized spacial score (nSPS) is 25.3. The predicted molar refractivity (Wildman–Crippen MR) is 91.5 cm³/mol. The van der Waals surface area contributed by atoms with Gasteiger partial charge >= 0.3 is 5.97 Å². The maximum atomic E-state index is 12.7. The summed E-state index contributed by atoms with van der Waals surface area (Å²) in [5.74, 6) is -0.254. The van der Waals surface area contributed by atoms with Gasteiger partial charge in [-0.15, -0.1) is 12.4 Å². The number of halogens is 1. The average Bonchev–Trinajstić information content (AvgIpc) is 2.98. The molecule has 0 radical (unpaired) electrons. The number of amides is 1. The Balaban J connectivity index is 0.00000288. The van der Waals surface area contributed by atoms with Crippen LogP contribution in [0, 0.1) is 5.92 Å². The molecule has 1 saturated heterocycles. The van der Waals surface area contributed by atoms with Crippen LogP contribution in [0.5, 0.6) is 0 Å². The fourth-order valence-corrected chi connectivity index (χ4v) is 3.67. The number of nitrogens with two attached hydrogens (primary N) is 1. The number of esters is 1. The van der Waals surface area contributed by atoms with Crippen LogP contribution in [0.15, 0.2) is 5.11 Å². The van der Waals surface area contributed by atoms with E-state index in [1.807, 2.05) is 0 Å². The summed E-state index contributed by atoms with van der Waals surface area (Å²) >= 11 is 0. The smallest absolute Gasteiger partial charge is 0.328 e. The van der Waals surface area contributed by atoms with Crippen molar-refractivity contribution in [2.75, 3.05) is 13.7 Å². The number of hydrogen-bond acceptors (Lipinski definition) is 5. The van der Waals surface area contributed by atoms with E-state index >= 15 is 0 Å². The monoisotopic (exact) mass is 359 g/mol. The van der Waals surface area contributed by atoms with Crippen molar-refractivity contribution in [3.63, 3.8) is 0 Å². The maximum absolute atomic E-state index is 12.7. The van der Waals surface area contributed by atoms with Crippen molar-refractivity contribution >= 4 is 24.3 Å². The number of azide groups is 1. The largest absolute Gasteiger partial charge is 0.467 e. The first kappa shape index (κ1) is 20.5. The van der Waals surface area contributed by atoms with Crippen molar-refractivity contribution in [2.45, 2.75) is 63.1 Å². The second-order valence-electron chi connectivity index (χ2n) is 6.47. The predicted octanol–water partition coefficient (Wildman–Crippen LogP) is 2.16. The highest BCUT2D eigenvalue weighted by Crippen LogP contribution is 2.28. The number of carbonyl (C=O) groups is 2. The van der Waals surface area contributed by atoms with Gasteiger partial charge in [0.05, 0.1) is 19.2 Å². The van der Waals surface area contributed by atoms with E-state index in [2.05, 4.69) is 10.0 Å². The standard InChI is InChI=1S/C15H25N5O3.ClH/c1-23-15(22)13-8-11(18-19-17)9-20(13)14(21)12(16)7-10-5-3-2-4-6-10;/h10-13H,2-9,16H2,1H3;1H/t11-,12-,13+;/m1./s1. The first-order valence-electron chi connectivity index (χ1n) is 8.25. The lowest BCUT2D eigenvalue weighted by Crippen LogP contribution is -2.49. The maximum Gasteiger partial charge on any atom is 0.328 e. The molecule has 1 heterocycles. The van der Waals surface area contributed by atoms with Crippen LogP contribution in [0.1, 0.15) is 44.9 Å². The number of methoxy groups -OCH3 is 1. The Morgan fingerprint density at radius 3 is 2.62 bits per heavy atom. The van der Waals surface area contributed by atoms with E-state index in [1.165, 1.54) is 31.3 Å². The Morgan fingerprint density at radius 2 is 2.04 bits per heavy atom. The van der Waals surface area contributed by atoms with Gasteiger partial charge in [0.15, 0.2) is 0 Å². The molecule has 1 amide bonds. The summed E-state index contributed by atoms with van der Waals surface area (Å²) in [6.07, 6.45) is 6.81. The molecule has 2 N–H and O–H groups in total. The lowest BCUT2D eigenvalue weighted by molar-refractivity contribution is -0.151. The average molecular weight is 360 g/mol. The fraction of sp³-hybridized carbons (Fsp3) is 0.867. The molecule has 1 aliphatic carbocycles. The summed E-state index contributed by atoms with van der Waals surface area (Å²) in [7, 11) is 1.29. The van der Waals surface area contributed by atoms with Gasteiger partial charge in [-0.05, 0) is 24.3 Å². The number of hydrogen-bond donors (Lipinski definition) is 1. The summed E-state index contributed by atoms with van der Waals surface area (Å²) in [5, 5.41) is 3.64. The van der Waals surface area contributed by atoms with Crippen LogP contribution in [-0.2, 0) is 14.3 Å². The topological polar surface area (TPSA) is 121 Å². The minimum atomic E-state index is -0.708. The van der Waals surface area contributed by atoms with E-state index in [-0.39, 0.29) is 24.9 Å². The molecule has 2 aliphatic rings. The number of nitrogens with zero attached hydrogens (tertiary/aromatic N) is 4. The van der Waals surface area contributed by atoms with Gasteiger partial charge in [-0.1, -0.05) is 37.2 Å². The molecule has 0 aromatic carbocycles. The molecule has 2 rings (SSSR count). The van der Waals surface area contributed by atoms with Gasteiger partial charge in [0.25, 0.3) is 0 Å². The summed E-state index contributed by atoms with van der Waals surface area (Å²) < 4.78 is 4.76. The van der Waals surface area contributed by atoms with E-state index in [9.17, 15) is 9.59 Å². The first-order chi connectivity index (χ1) is 11.1. The van der Waals surface area contributed by atoms with Crippen molar-refractivity contribution < 1.29 is 14.3 Å². The molecule has 24 heavy (non-hydrogen) atoms. The van der Waals surface area contributed by atoms with Gasteiger partial charge < -0.3 is 15.4 Å². The lowest BCUT2D eigenvalue weighted by Gasteiger charge is -2.29. The highest BCUT2D eigenvalue weighted by atomic mass is 35.5. The highest BCUT2D eigenvalue weighted by molar-refractivity contribution is 5.88. The number of likely N-dealkylation sites (tertiary alicyclic amines) is 1. The van der Waals surface area contributed by atoms with Crippen LogP contribution in [-0.4, -0.2) is 48.6 Å². The molecular formula is C15H26ClN5O3. The molecule has 8 nitrogen and oxygen atoms in total.